The second-order valence-corrected chi connectivity index (χ2v) is 7.15. The Morgan fingerprint density at radius 2 is 2.00 bits per heavy atom. The molecule has 1 aromatic carbocycles. The molecule has 1 aromatic heterocycles. The fourth-order valence-corrected chi connectivity index (χ4v) is 3.37. The van der Waals surface area contributed by atoms with Crippen LogP contribution in [0.4, 0.5) is 4.39 Å². The maximum absolute atomic E-state index is 15.4. The molecular weight excluding hydrogens is 393 g/mol. The van der Waals surface area contributed by atoms with Crippen molar-refractivity contribution in [3.63, 3.8) is 0 Å². The third-order valence-electron chi connectivity index (χ3n) is 4.02. The Hall–Kier alpha value is -1.65. The summed E-state index contributed by atoms with van der Waals surface area (Å²) in [6, 6.07) is 13.1. The number of alkyl halides is 2. The first-order chi connectivity index (χ1) is 11.5. The molecule has 0 fully saturated rings. The SMILES string of the molecule is COC1=C(c2ccccc2)C(F)C(Cl)(Cc2ccc(Br)nc2)C=C1. The van der Waals surface area contributed by atoms with E-state index < -0.39 is 11.0 Å². The van der Waals surface area contributed by atoms with Gasteiger partial charge in [-0.15, -0.1) is 11.6 Å². The predicted molar refractivity (Wildman–Crippen MR) is 98.6 cm³/mol. The molecule has 0 N–H and O–H groups in total. The van der Waals surface area contributed by atoms with Gasteiger partial charge < -0.3 is 4.74 Å². The second kappa shape index (κ2) is 7.08. The largest absolute Gasteiger partial charge is 0.496 e. The Bertz CT molecular complexity index is 776. The number of pyridine rings is 1. The van der Waals surface area contributed by atoms with E-state index >= 15 is 4.39 Å². The smallest absolute Gasteiger partial charge is 0.152 e. The molecule has 2 unspecified atom stereocenters. The zero-order valence-electron chi connectivity index (χ0n) is 13.0. The molecule has 3 rings (SSSR count). The normalized spacial score (nSPS) is 23.4. The number of halogens is 3. The summed E-state index contributed by atoms with van der Waals surface area (Å²) < 4.78 is 21.5. The maximum Gasteiger partial charge on any atom is 0.152 e. The summed E-state index contributed by atoms with van der Waals surface area (Å²) in [6.45, 7) is 0. The van der Waals surface area contributed by atoms with Crippen molar-refractivity contribution in [1.82, 2.24) is 4.98 Å². The molecule has 0 saturated carbocycles. The molecule has 24 heavy (non-hydrogen) atoms. The molecule has 124 valence electrons. The molecule has 2 nitrogen and oxygen atoms in total. The predicted octanol–water partition coefficient (Wildman–Crippen LogP) is 5.33. The van der Waals surface area contributed by atoms with Gasteiger partial charge in [0, 0.05) is 11.8 Å². The lowest BCUT2D eigenvalue weighted by Gasteiger charge is -2.33. The van der Waals surface area contributed by atoms with E-state index in [2.05, 4.69) is 20.9 Å². The molecule has 0 saturated heterocycles. The van der Waals surface area contributed by atoms with Gasteiger partial charge in [0.2, 0.25) is 0 Å². The number of allylic oxidation sites excluding steroid dienone is 3. The summed E-state index contributed by atoms with van der Waals surface area (Å²) in [5.41, 5.74) is 2.11. The van der Waals surface area contributed by atoms with Crippen LogP contribution in [0.1, 0.15) is 11.1 Å². The molecule has 0 amide bonds. The summed E-state index contributed by atoms with van der Waals surface area (Å²) in [4.78, 5) is 3.01. The van der Waals surface area contributed by atoms with Crippen LogP contribution in [-0.2, 0) is 11.2 Å². The molecular formula is C19H16BrClFNO. The molecule has 2 atom stereocenters. The first-order valence-electron chi connectivity index (χ1n) is 7.50. The minimum atomic E-state index is -1.40. The third kappa shape index (κ3) is 3.40. The quantitative estimate of drug-likeness (QED) is 0.504. The summed E-state index contributed by atoms with van der Waals surface area (Å²) in [5.74, 6) is 0.499. The van der Waals surface area contributed by atoms with Crippen molar-refractivity contribution in [1.29, 1.82) is 0 Å². The van der Waals surface area contributed by atoms with Gasteiger partial charge in [-0.25, -0.2) is 9.37 Å². The van der Waals surface area contributed by atoms with Crippen molar-refractivity contribution in [2.45, 2.75) is 17.5 Å². The Kier molecular flexibility index (Phi) is 5.07. The zero-order valence-corrected chi connectivity index (χ0v) is 15.4. The minimum absolute atomic E-state index is 0.333. The highest BCUT2D eigenvalue weighted by Gasteiger charge is 2.42. The number of hydrogen-bond acceptors (Lipinski definition) is 2. The molecule has 1 aliphatic carbocycles. The zero-order chi connectivity index (χ0) is 17.2. The van der Waals surface area contributed by atoms with Gasteiger partial charge in [0.25, 0.3) is 0 Å². The van der Waals surface area contributed by atoms with E-state index in [1.807, 2.05) is 42.5 Å². The van der Waals surface area contributed by atoms with Crippen LogP contribution in [0.25, 0.3) is 5.57 Å². The first kappa shape index (κ1) is 17.2. The first-order valence-corrected chi connectivity index (χ1v) is 8.67. The van der Waals surface area contributed by atoms with Gasteiger partial charge in [-0.2, -0.15) is 0 Å². The Balaban J connectivity index is 1.96. The van der Waals surface area contributed by atoms with Crippen LogP contribution in [-0.4, -0.2) is 23.1 Å². The number of benzene rings is 1. The van der Waals surface area contributed by atoms with E-state index in [9.17, 15) is 0 Å². The molecule has 5 heteroatoms. The number of rotatable bonds is 4. The van der Waals surface area contributed by atoms with Crippen LogP contribution >= 0.6 is 27.5 Å². The molecule has 1 aliphatic rings. The van der Waals surface area contributed by atoms with Crippen LogP contribution in [0.5, 0.6) is 0 Å². The van der Waals surface area contributed by atoms with Crippen molar-refractivity contribution >= 4 is 33.1 Å². The molecule has 2 aromatic rings. The maximum atomic E-state index is 15.4. The number of hydrogen-bond donors (Lipinski definition) is 0. The van der Waals surface area contributed by atoms with Gasteiger partial charge in [-0.1, -0.05) is 42.5 Å². The summed E-state index contributed by atoms with van der Waals surface area (Å²) in [6.07, 6.45) is 4.06. The van der Waals surface area contributed by atoms with Crippen molar-refractivity contribution in [3.05, 3.63) is 82.3 Å². The molecule has 0 aliphatic heterocycles. The highest BCUT2D eigenvalue weighted by atomic mass is 79.9. The summed E-state index contributed by atoms with van der Waals surface area (Å²) >= 11 is 9.97. The van der Waals surface area contributed by atoms with Gasteiger partial charge in [-0.3, -0.25) is 0 Å². The fourth-order valence-electron chi connectivity index (χ4n) is 2.81. The summed E-state index contributed by atoms with van der Waals surface area (Å²) in [7, 11) is 1.54. The van der Waals surface area contributed by atoms with E-state index in [1.165, 1.54) is 7.11 Å². The Morgan fingerprint density at radius 1 is 1.25 bits per heavy atom. The molecule has 0 radical (unpaired) electrons. The number of nitrogens with zero attached hydrogens (tertiary/aromatic N) is 1. The topological polar surface area (TPSA) is 22.1 Å². The Labute approximate surface area is 154 Å². The van der Waals surface area contributed by atoms with Crippen molar-refractivity contribution in [2.24, 2.45) is 0 Å². The summed E-state index contributed by atoms with van der Waals surface area (Å²) in [5, 5.41) is 0. The Morgan fingerprint density at radius 3 is 2.62 bits per heavy atom. The number of methoxy groups -OCH3 is 1. The average molecular weight is 409 g/mol. The van der Waals surface area contributed by atoms with E-state index in [1.54, 1.807) is 18.3 Å². The molecule has 0 bridgehead atoms. The standard InChI is InChI=1S/C19H16BrClFNO/c1-24-15-9-10-19(21,11-13-7-8-16(20)23-12-13)18(22)17(15)14-5-3-2-4-6-14/h2-10,12,18H,11H2,1H3. The van der Waals surface area contributed by atoms with Gasteiger partial charge >= 0.3 is 0 Å². The molecule has 1 heterocycles. The van der Waals surface area contributed by atoms with Gasteiger partial charge in [0.15, 0.2) is 6.17 Å². The average Bonchev–Trinajstić information content (AvgIpc) is 2.60. The highest BCUT2D eigenvalue weighted by Crippen LogP contribution is 2.42. The minimum Gasteiger partial charge on any atom is -0.496 e. The highest BCUT2D eigenvalue weighted by molar-refractivity contribution is 9.10. The van der Waals surface area contributed by atoms with Gasteiger partial charge in [0.1, 0.15) is 15.2 Å². The van der Waals surface area contributed by atoms with E-state index in [4.69, 9.17) is 16.3 Å². The third-order valence-corrected chi connectivity index (χ3v) is 4.94. The van der Waals surface area contributed by atoms with Crippen LogP contribution in [0.3, 0.4) is 0 Å². The van der Waals surface area contributed by atoms with Crippen molar-refractivity contribution < 1.29 is 9.13 Å². The van der Waals surface area contributed by atoms with Crippen molar-refractivity contribution in [2.75, 3.05) is 7.11 Å². The van der Waals surface area contributed by atoms with Gasteiger partial charge in [0.05, 0.1) is 7.11 Å². The number of aromatic nitrogens is 1. The van der Waals surface area contributed by atoms with Crippen LogP contribution < -0.4 is 0 Å². The monoisotopic (exact) mass is 407 g/mol. The fraction of sp³-hybridized carbons (Fsp3) is 0.211. The lowest BCUT2D eigenvalue weighted by Crippen LogP contribution is -2.37. The van der Waals surface area contributed by atoms with Crippen molar-refractivity contribution in [3.8, 4) is 0 Å². The van der Waals surface area contributed by atoms with Crippen LogP contribution in [0, 0.1) is 0 Å². The second-order valence-electron chi connectivity index (χ2n) is 5.64. The van der Waals surface area contributed by atoms with E-state index in [0.717, 1.165) is 15.7 Å². The lowest BCUT2D eigenvalue weighted by molar-refractivity contribution is 0.284. The number of ether oxygens (including phenoxy) is 1. The van der Waals surface area contributed by atoms with E-state index in [0.29, 0.717) is 17.8 Å². The lowest BCUT2D eigenvalue weighted by atomic mass is 9.83. The molecule has 0 spiro atoms. The van der Waals surface area contributed by atoms with Gasteiger partial charge in [-0.05, 0) is 45.6 Å². The van der Waals surface area contributed by atoms with Crippen LogP contribution in [0.15, 0.2) is 71.2 Å². The van der Waals surface area contributed by atoms with E-state index in [-0.39, 0.29) is 0 Å². The van der Waals surface area contributed by atoms with Crippen LogP contribution in [0.2, 0.25) is 0 Å².